The molecule has 32 heavy (non-hydrogen) atoms. The molecule has 1 aromatic heterocycles. The Labute approximate surface area is 191 Å². The van der Waals surface area contributed by atoms with Crippen LogP contribution in [0.2, 0.25) is 0 Å². The van der Waals surface area contributed by atoms with Gasteiger partial charge in [-0.3, -0.25) is 9.59 Å². The number of piperidine rings is 1. The first-order chi connectivity index (χ1) is 15.6. The number of amides is 2. The summed E-state index contributed by atoms with van der Waals surface area (Å²) < 4.78 is 1.75. The fourth-order valence-electron chi connectivity index (χ4n) is 3.65. The number of nitrogens with zero attached hydrogens (tertiary/aromatic N) is 4. The SMILES string of the molecule is Cn1cnnc1SCC(=O)Nc1cccc(C(=O)Nc2ccccc2N2CCCCC2)c1. The number of benzene rings is 2. The highest BCUT2D eigenvalue weighted by atomic mass is 32.2. The van der Waals surface area contributed by atoms with E-state index in [2.05, 4.69) is 25.7 Å². The summed E-state index contributed by atoms with van der Waals surface area (Å²) in [6.07, 6.45) is 5.17. The molecular weight excluding hydrogens is 424 g/mol. The summed E-state index contributed by atoms with van der Waals surface area (Å²) in [4.78, 5) is 27.6. The summed E-state index contributed by atoms with van der Waals surface area (Å²) in [7, 11) is 1.83. The summed E-state index contributed by atoms with van der Waals surface area (Å²) >= 11 is 1.30. The van der Waals surface area contributed by atoms with E-state index in [-0.39, 0.29) is 17.6 Å². The molecule has 1 fully saturated rings. The van der Waals surface area contributed by atoms with Crippen molar-refractivity contribution in [1.29, 1.82) is 0 Å². The normalized spacial score (nSPS) is 13.6. The number of carbonyl (C=O) groups excluding carboxylic acids is 2. The molecule has 0 unspecified atom stereocenters. The molecule has 0 saturated carbocycles. The number of anilines is 3. The van der Waals surface area contributed by atoms with Crippen LogP contribution in [0.5, 0.6) is 0 Å². The lowest BCUT2D eigenvalue weighted by Gasteiger charge is -2.30. The molecule has 9 heteroatoms. The van der Waals surface area contributed by atoms with Crippen molar-refractivity contribution in [3.63, 3.8) is 0 Å². The maximum Gasteiger partial charge on any atom is 0.255 e. The molecule has 1 aliphatic heterocycles. The van der Waals surface area contributed by atoms with Crippen molar-refractivity contribution in [3.05, 3.63) is 60.4 Å². The van der Waals surface area contributed by atoms with Gasteiger partial charge in [0.2, 0.25) is 5.91 Å². The second-order valence-electron chi connectivity index (χ2n) is 7.66. The molecule has 0 spiro atoms. The molecule has 4 rings (SSSR count). The van der Waals surface area contributed by atoms with Gasteiger partial charge < -0.3 is 20.1 Å². The van der Waals surface area contributed by atoms with E-state index in [1.807, 2.05) is 31.3 Å². The monoisotopic (exact) mass is 450 g/mol. The minimum absolute atomic E-state index is 0.175. The van der Waals surface area contributed by atoms with Crippen molar-refractivity contribution in [1.82, 2.24) is 14.8 Å². The lowest BCUT2D eigenvalue weighted by atomic mass is 10.1. The van der Waals surface area contributed by atoms with Crippen LogP contribution in [-0.4, -0.2) is 45.4 Å². The standard InChI is InChI=1S/C23H26N6O2S/c1-28-16-24-27-23(28)32-15-21(30)25-18-9-7-8-17(14-18)22(31)26-19-10-3-4-11-20(19)29-12-5-2-6-13-29/h3-4,7-11,14,16H,2,5-6,12-13,15H2,1H3,(H,25,30)(H,26,31). The Morgan fingerprint density at radius 3 is 2.62 bits per heavy atom. The molecule has 2 N–H and O–H groups in total. The molecule has 2 amide bonds. The molecule has 2 aromatic carbocycles. The Morgan fingerprint density at radius 1 is 1.03 bits per heavy atom. The molecule has 3 aromatic rings. The van der Waals surface area contributed by atoms with Crippen LogP contribution in [0.3, 0.4) is 0 Å². The third-order valence-electron chi connectivity index (χ3n) is 5.26. The Hall–Kier alpha value is -3.33. The molecule has 166 valence electrons. The Balaban J connectivity index is 1.39. The van der Waals surface area contributed by atoms with E-state index >= 15 is 0 Å². The topological polar surface area (TPSA) is 92.1 Å². The smallest absolute Gasteiger partial charge is 0.255 e. The first-order valence-electron chi connectivity index (χ1n) is 10.6. The molecule has 1 saturated heterocycles. The molecule has 1 aliphatic rings. The fraction of sp³-hybridized carbons (Fsp3) is 0.304. The number of aryl methyl sites for hydroxylation is 1. The van der Waals surface area contributed by atoms with E-state index in [9.17, 15) is 9.59 Å². The summed E-state index contributed by atoms with van der Waals surface area (Å²) in [5.74, 6) is -0.184. The van der Waals surface area contributed by atoms with Crippen LogP contribution in [0.25, 0.3) is 0 Å². The van der Waals surface area contributed by atoms with E-state index in [1.54, 1.807) is 35.2 Å². The fourth-order valence-corrected chi connectivity index (χ4v) is 4.34. The quantitative estimate of drug-likeness (QED) is 0.532. The van der Waals surface area contributed by atoms with Gasteiger partial charge >= 0.3 is 0 Å². The molecule has 8 nitrogen and oxygen atoms in total. The zero-order chi connectivity index (χ0) is 22.3. The van der Waals surface area contributed by atoms with Gasteiger partial charge in [0.15, 0.2) is 5.16 Å². The Morgan fingerprint density at radius 2 is 1.84 bits per heavy atom. The van der Waals surface area contributed by atoms with E-state index < -0.39 is 0 Å². The lowest BCUT2D eigenvalue weighted by molar-refractivity contribution is -0.113. The van der Waals surface area contributed by atoms with E-state index in [0.717, 1.165) is 24.5 Å². The first kappa shape index (κ1) is 21.9. The van der Waals surface area contributed by atoms with Crippen LogP contribution >= 0.6 is 11.8 Å². The molecule has 0 aliphatic carbocycles. The van der Waals surface area contributed by atoms with Crippen LogP contribution in [0.15, 0.2) is 60.0 Å². The number of nitrogens with one attached hydrogen (secondary N) is 2. The molecule has 0 atom stereocenters. The Bertz CT molecular complexity index is 1090. The second-order valence-corrected chi connectivity index (χ2v) is 8.60. The number of hydrogen-bond donors (Lipinski definition) is 2. The van der Waals surface area contributed by atoms with Gasteiger partial charge in [-0.05, 0) is 49.6 Å². The number of hydrogen-bond acceptors (Lipinski definition) is 6. The molecule has 0 radical (unpaired) electrons. The van der Waals surface area contributed by atoms with Crippen molar-refractivity contribution >= 4 is 40.6 Å². The van der Waals surface area contributed by atoms with E-state index in [1.165, 1.54) is 31.0 Å². The van der Waals surface area contributed by atoms with Crippen molar-refractivity contribution < 1.29 is 9.59 Å². The number of aromatic nitrogens is 3. The van der Waals surface area contributed by atoms with Gasteiger partial charge in [-0.1, -0.05) is 30.0 Å². The van der Waals surface area contributed by atoms with Gasteiger partial charge in [-0.2, -0.15) is 0 Å². The number of carbonyl (C=O) groups is 2. The Kier molecular flexibility index (Phi) is 7.06. The lowest BCUT2D eigenvalue weighted by Crippen LogP contribution is -2.30. The maximum atomic E-state index is 12.9. The number of rotatable bonds is 7. The highest BCUT2D eigenvalue weighted by molar-refractivity contribution is 7.99. The first-order valence-corrected chi connectivity index (χ1v) is 11.6. The zero-order valence-electron chi connectivity index (χ0n) is 18.0. The van der Waals surface area contributed by atoms with Crippen LogP contribution in [0.1, 0.15) is 29.6 Å². The third-order valence-corrected chi connectivity index (χ3v) is 6.29. The molecule has 0 bridgehead atoms. The largest absolute Gasteiger partial charge is 0.370 e. The van der Waals surface area contributed by atoms with Gasteiger partial charge in [0.1, 0.15) is 6.33 Å². The summed E-state index contributed by atoms with van der Waals surface area (Å²) in [6.45, 7) is 2.00. The van der Waals surface area contributed by atoms with Gasteiger partial charge in [-0.15, -0.1) is 10.2 Å². The van der Waals surface area contributed by atoms with Crippen LogP contribution in [-0.2, 0) is 11.8 Å². The van der Waals surface area contributed by atoms with Crippen LogP contribution < -0.4 is 15.5 Å². The highest BCUT2D eigenvalue weighted by Gasteiger charge is 2.16. The van der Waals surface area contributed by atoms with Crippen molar-refractivity contribution in [2.75, 3.05) is 34.4 Å². The van der Waals surface area contributed by atoms with Gasteiger partial charge in [0.25, 0.3) is 5.91 Å². The zero-order valence-corrected chi connectivity index (χ0v) is 18.8. The highest BCUT2D eigenvalue weighted by Crippen LogP contribution is 2.28. The average molecular weight is 451 g/mol. The third kappa shape index (κ3) is 5.47. The van der Waals surface area contributed by atoms with Gasteiger partial charge in [0.05, 0.1) is 17.1 Å². The van der Waals surface area contributed by atoms with Crippen LogP contribution in [0.4, 0.5) is 17.1 Å². The minimum atomic E-state index is -0.209. The predicted molar refractivity (Wildman–Crippen MR) is 127 cm³/mol. The van der Waals surface area contributed by atoms with Gasteiger partial charge in [0, 0.05) is 31.4 Å². The average Bonchev–Trinajstić information content (AvgIpc) is 3.23. The van der Waals surface area contributed by atoms with E-state index in [0.29, 0.717) is 16.4 Å². The van der Waals surface area contributed by atoms with Gasteiger partial charge in [-0.25, -0.2) is 0 Å². The van der Waals surface area contributed by atoms with Crippen molar-refractivity contribution in [3.8, 4) is 0 Å². The summed E-state index contributed by atoms with van der Waals surface area (Å²) in [5, 5.41) is 14.3. The summed E-state index contributed by atoms with van der Waals surface area (Å²) in [6, 6.07) is 14.8. The van der Waals surface area contributed by atoms with Crippen molar-refractivity contribution in [2.24, 2.45) is 7.05 Å². The number of thioether (sulfide) groups is 1. The maximum absolute atomic E-state index is 12.9. The predicted octanol–water partition coefficient (Wildman–Crippen LogP) is 3.79. The number of para-hydroxylation sites is 2. The van der Waals surface area contributed by atoms with Crippen molar-refractivity contribution in [2.45, 2.75) is 24.4 Å². The van der Waals surface area contributed by atoms with E-state index in [4.69, 9.17) is 0 Å². The molecular formula is C23H26N6O2S. The minimum Gasteiger partial charge on any atom is -0.370 e. The molecule has 2 heterocycles. The summed E-state index contributed by atoms with van der Waals surface area (Å²) in [5.41, 5.74) is 2.91. The second kappa shape index (κ2) is 10.3. The van der Waals surface area contributed by atoms with Crippen LogP contribution in [0, 0.1) is 0 Å².